The number of anilines is 1. The molecule has 0 saturated carbocycles. The number of aryl methyl sites for hydroxylation is 3. The minimum absolute atomic E-state index is 0.0738. The van der Waals surface area contributed by atoms with Crippen LogP contribution in [0.5, 0.6) is 5.75 Å². The Morgan fingerprint density at radius 3 is 2.45 bits per heavy atom. The fraction of sp³-hybridized carbons (Fsp3) is 0.321. The van der Waals surface area contributed by atoms with Crippen molar-refractivity contribution in [2.45, 2.75) is 39.7 Å². The fourth-order valence-corrected chi connectivity index (χ4v) is 5.08. The number of nitrogens with one attached hydrogen (secondary N) is 2. The van der Waals surface area contributed by atoms with Crippen molar-refractivity contribution in [3.8, 4) is 5.75 Å². The molecule has 4 aromatic rings. The number of carbonyl (C=O) groups is 2. The Hall–Kier alpha value is -4.21. The lowest BCUT2D eigenvalue weighted by atomic mass is 10.0. The molecule has 2 amide bonds. The van der Waals surface area contributed by atoms with Crippen molar-refractivity contribution in [3.63, 3.8) is 0 Å². The topological polar surface area (TPSA) is 92.2 Å². The number of rotatable bonds is 6. The summed E-state index contributed by atoms with van der Waals surface area (Å²) in [5.74, 6) is -1.68. The summed E-state index contributed by atoms with van der Waals surface area (Å²) in [5, 5.41) is 7.67. The molecule has 0 spiro atoms. The van der Waals surface area contributed by atoms with Crippen LogP contribution < -0.4 is 10.1 Å². The van der Waals surface area contributed by atoms with Crippen LogP contribution in [-0.4, -0.2) is 51.2 Å². The molecule has 5 rings (SSSR count). The molecule has 0 atom stereocenters. The van der Waals surface area contributed by atoms with Gasteiger partial charge in [-0.1, -0.05) is 17.7 Å². The standard InChI is InChI=1S/C28H29F2N5O3/c1-16-8-17(2)27(18(3)9-16)38-15-26(36)32-20-13-31-35(14-20)21-4-6-34(7-5-21)28(37)25-11-19-10-22(29)23(30)12-24(19)33-25/h8-14,21,33H,4-7,15H2,1-3H3,(H,32,36). The van der Waals surface area contributed by atoms with Crippen molar-refractivity contribution < 1.29 is 23.1 Å². The minimum atomic E-state index is -0.960. The maximum Gasteiger partial charge on any atom is 0.270 e. The number of carbonyl (C=O) groups excluding carboxylic acids is 2. The smallest absolute Gasteiger partial charge is 0.270 e. The third kappa shape index (κ3) is 5.25. The van der Waals surface area contributed by atoms with Crippen LogP contribution in [0.25, 0.3) is 10.9 Å². The van der Waals surface area contributed by atoms with Crippen LogP contribution in [0.1, 0.15) is 46.1 Å². The zero-order valence-electron chi connectivity index (χ0n) is 21.5. The second kappa shape index (κ2) is 10.3. The molecular weight excluding hydrogens is 492 g/mol. The molecule has 1 aliphatic heterocycles. The molecule has 8 nitrogen and oxygen atoms in total. The number of piperidine rings is 1. The average Bonchev–Trinajstić information content (AvgIpc) is 3.50. The third-order valence-corrected chi connectivity index (χ3v) is 6.86. The predicted molar refractivity (Wildman–Crippen MR) is 139 cm³/mol. The summed E-state index contributed by atoms with van der Waals surface area (Å²) in [7, 11) is 0. The molecule has 3 heterocycles. The molecular formula is C28H29F2N5O3. The molecule has 2 aromatic carbocycles. The summed E-state index contributed by atoms with van der Waals surface area (Å²) in [6.45, 7) is 6.84. The summed E-state index contributed by atoms with van der Waals surface area (Å²) >= 11 is 0. The zero-order valence-corrected chi connectivity index (χ0v) is 21.5. The first kappa shape index (κ1) is 25.4. The normalized spacial score (nSPS) is 14.2. The van der Waals surface area contributed by atoms with Crippen molar-refractivity contribution >= 4 is 28.4 Å². The highest BCUT2D eigenvalue weighted by Crippen LogP contribution is 2.27. The SMILES string of the molecule is Cc1cc(C)c(OCC(=O)Nc2cnn(C3CCN(C(=O)c4cc5cc(F)c(F)cc5[nH]4)CC3)c2)c(C)c1. The van der Waals surface area contributed by atoms with Gasteiger partial charge in [0.15, 0.2) is 18.2 Å². The largest absolute Gasteiger partial charge is 0.483 e. The maximum atomic E-state index is 13.5. The van der Waals surface area contributed by atoms with Gasteiger partial charge in [0.1, 0.15) is 11.4 Å². The summed E-state index contributed by atoms with van der Waals surface area (Å²) in [5.41, 5.74) is 4.37. The molecule has 0 radical (unpaired) electrons. The summed E-state index contributed by atoms with van der Waals surface area (Å²) in [6.07, 6.45) is 4.74. The molecule has 198 valence electrons. The first-order chi connectivity index (χ1) is 18.2. The van der Waals surface area contributed by atoms with Crippen LogP contribution >= 0.6 is 0 Å². The molecule has 2 aromatic heterocycles. The predicted octanol–water partition coefficient (Wildman–Crippen LogP) is 5.06. The molecule has 38 heavy (non-hydrogen) atoms. The number of likely N-dealkylation sites (tertiary alicyclic amines) is 1. The van der Waals surface area contributed by atoms with E-state index in [0.717, 1.165) is 34.6 Å². The van der Waals surface area contributed by atoms with E-state index in [4.69, 9.17) is 4.74 Å². The lowest BCUT2D eigenvalue weighted by molar-refractivity contribution is -0.118. The van der Waals surface area contributed by atoms with Gasteiger partial charge >= 0.3 is 0 Å². The maximum absolute atomic E-state index is 13.5. The lowest BCUT2D eigenvalue weighted by Crippen LogP contribution is -2.39. The van der Waals surface area contributed by atoms with Crippen molar-refractivity contribution in [2.24, 2.45) is 0 Å². The summed E-state index contributed by atoms with van der Waals surface area (Å²) < 4.78 is 34.6. The quantitative estimate of drug-likeness (QED) is 0.371. The van der Waals surface area contributed by atoms with Crippen LogP contribution in [0.4, 0.5) is 14.5 Å². The third-order valence-electron chi connectivity index (χ3n) is 6.86. The molecule has 0 aliphatic carbocycles. The highest BCUT2D eigenvalue weighted by molar-refractivity contribution is 5.98. The van der Waals surface area contributed by atoms with E-state index in [1.807, 2.05) is 32.9 Å². The van der Waals surface area contributed by atoms with Gasteiger partial charge in [-0.15, -0.1) is 0 Å². The van der Waals surface area contributed by atoms with Crippen LogP contribution in [0.15, 0.2) is 42.7 Å². The molecule has 0 bridgehead atoms. The Bertz CT molecular complexity index is 1460. The molecule has 1 fully saturated rings. The van der Waals surface area contributed by atoms with E-state index in [0.29, 0.717) is 48.2 Å². The second-order valence-electron chi connectivity index (χ2n) is 9.83. The minimum Gasteiger partial charge on any atom is -0.483 e. The first-order valence-corrected chi connectivity index (χ1v) is 12.5. The van der Waals surface area contributed by atoms with E-state index in [9.17, 15) is 18.4 Å². The van der Waals surface area contributed by atoms with Gasteiger partial charge in [-0.2, -0.15) is 5.10 Å². The van der Waals surface area contributed by atoms with E-state index in [2.05, 4.69) is 15.4 Å². The monoisotopic (exact) mass is 521 g/mol. The van der Waals surface area contributed by atoms with Crippen molar-refractivity contribution in [1.82, 2.24) is 19.7 Å². The molecule has 1 saturated heterocycles. The van der Waals surface area contributed by atoms with Gasteiger partial charge < -0.3 is 19.9 Å². The number of nitrogens with zero attached hydrogens (tertiary/aromatic N) is 3. The Morgan fingerprint density at radius 2 is 1.74 bits per heavy atom. The Balaban J connectivity index is 1.14. The van der Waals surface area contributed by atoms with Gasteiger partial charge in [0.25, 0.3) is 11.8 Å². The van der Waals surface area contributed by atoms with Crippen molar-refractivity contribution in [2.75, 3.05) is 25.0 Å². The summed E-state index contributed by atoms with van der Waals surface area (Å²) in [6, 6.07) is 7.79. The van der Waals surface area contributed by atoms with E-state index >= 15 is 0 Å². The number of amides is 2. The van der Waals surface area contributed by atoms with Gasteiger partial charge in [-0.25, -0.2) is 8.78 Å². The van der Waals surface area contributed by atoms with Crippen LogP contribution in [0.2, 0.25) is 0 Å². The zero-order chi connectivity index (χ0) is 27.0. The molecule has 2 N–H and O–H groups in total. The Labute approximate surface area is 218 Å². The Kier molecular flexibility index (Phi) is 6.88. The molecule has 1 aliphatic rings. The fourth-order valence-electron chi connectivity index (χ4n) is 5.08. The van der Waals surface area contributed by atoms with E-state index in [1.54, 1.807) is 28.0 Å². The number of fused-ring (bicyclic) bond motifs is 1. The van der Waals surface area contributed by atoms with Gasteiger partial charge in [0.2, 0.25) is 0 Å². The van der Waals surface area contributed by atoms with E-state index in [-0.39, 0.29) is 24.5 Å². The lowest BCUT2D eigenvalue weighted by Gasteiger charge is -2.31. The van der Waals surface area contributed by atoms with E-state index in [1.165, 1.54) is 0 Å². The second-order valence-corrected chi connectivity index (χ2v) is 9.83. The van der Waals surface area contributed by atoms with Crippen molar-refractivity contribution in [3.05, 3.63) is 76.7 Å². The number of hydrogen-bond donors (Lipinski definition) is 2. The van der Waals surface area contributed by atoms with Gasteiger partial charge in [0.05, 0.1) is 17.9 Å². The van der Waals surface area contributed by atoms with Gasteiger partial charge in [-0.3, -0.25) is 14.3 Å². The number of halogens is 2. The van der Waals surface area contributed by atoms with Crippen LogP contribution in [0.3, 0.4) is 0 Å². The van der Waals surface area contributed by atoms with Crippen LogP contribution in [-0.2, 0) is 4.79 Å². The highest BCUT2D eigenvalue weighted by atomic mass is 19.2. The average molecular weight is 522 g/mol. The number of aromatic amines is 1. The van der Waals surface area contributed by atoms with Gasteiger partial charge in [0, 0.05) is 36.3 Å². The number of hydrogen-bond acceptors (Lipinski definition) is 4. The number of ether oxygens (including phenoxy) is 1. The Morgan fingerprint density at radius 1 is 1.05 bits per heavy atom. The van der Waals surface area contributed by atoms with E-state index < -0.39 is 11.6 Å². The number of H-pyrrole nitrogens is 1. The van der Waals surface area contributed by atoms with Crippen molar-refractivity contribution in [1.29, 1.82) is 0 Å². The highest BCUT2D eigenvalue weighted by Gasteiger charge is 2.26. The number of aromatic nitrogens is 3. The first-order valence-electron chi connectivity index (χ1n) is 12.5. The molecule has 10 heteroatoms. The van der Waals surface area contributed by atoms with Gasteiger partial charge in [-0.05, 0) is 56.9 Å². The summed E-state index contributed by atoms with van der Waals surface area (Å²) in [4.78, 5) is 30.0. The number of benzene rings is 2. The molecule has 0 unspecified atom stereocenters. The van der Waals surface area contributed by atoms with Crippen LogP contribution in [0, 0.1) is 32.4 Å².